The monoisotopic (exact) mass is 339 g/mol. The molecule has 1 aliphatic heterocycles. The molecule has 2 amide bonds. The summed E-state index contributed by atoms with van der Waals surface area (Å²) in [5.74, 6) is -0.0807. The van der Waals surface area contributed by atoms with Crippen LogP contribution >= 0.6 is 0 Å². The van der Waals surface area contributed by atoms with Crippen molar-refractivity contribution in [2.75, 3.05) is 31.1 Å². The molecule has 3 rings (SSSR count). The second-order valence-electron chi connectivity index (χ2n) is 5.93. The summed E-state index contributed by atoms with van der Waals surface area (Å²) >= 11 is 0. The number of carbonyl (C=O) groups excluding carboxylic acids is 2. The molecule has 25 heavy (non-hydrogen) atoms. The Bertz CT molecular complexity index is 742. The number of nitrogens with one attached hydrogen (secondary N) is 1. The van der Waals surface area contributed by atoms with Crippen LogP contribution in [-0.2, 0) is 11.3 Å². The predicted molar refractivity (Wildman–Crippen MR) is 94.1 cm³/mol. The van der Waals surface area contributed by atoms with Crippen LogP contribution in [0.2, 0.25) is 0 Å². The number of amides is 2. The minimum Gasteiger partial charge on any atom is -0.367 e. The molecule has 130 valence electrons. The van der Waals surface area contributed by atoms with Crippen molar-refractivity contribution in [3.8, 4) is 0 Å². The average molecular weight is 339 g/mol. The molecule has 1 saturated heterocycles. The number of nitrogens with zero attached hydrogens (tertiary/aromatic N) is 4. The average Bonchev–Trinajstić information content (AvgIpc) is 2.67. The van der Waals surface area contributed by atoms with Gasteiger partial charge in [-0.2, -0.15) is 0 Å². The Labute approximate surface area is 146 Å². The molecule has 0 saturated carbocycles. The van der Waals surface area contributed by atoms with Crippen LogP contribution in [0.3, 0.4) is 0 Å². The van der Waals surface area contributed by atoms with Gasteiger partial charge in [-0.25, -0.2) is 0 Å². The van der Waals surface area contributed by atoms with Crippen LogP contribution < -0.4 is 10.2 Å². The first-order valence-corrected chi connectivity index (χ1v) is 8.27. The molecule has 1 N–H and O–H groups in total. The predicted octanol–water partition coefficient (Wildman–Crippen LogP) is 1.08. The van der Waals surface area contributed by atoms with Gasteiger partial charge in [0.25, 0.3) is 5.91 Å². The van der Waals surface area contributed by atoms with E-state index in [4.69, 9.17) is 0 Å². The maximum atomic E-state index is 12.3. The van der Waals surface area contributed by atoms with Crippen molar-refractivity contribution < 1.29 is 9.59 Å². The summed E-state index contributed by atoms with van der Waals surface area (Å²) in [6.07, 6.45) is 5.01. The molecule has 2 aromatic heterocycles. The van der Waals surface area contributed by atoms with Gasteiger partial charge in [-0.3, -0.25) is 19.6 Å². The molecular formula is C18H21N5O2. The molecular weight excluding hydrogens is 318 g/mol. The summed E-state index contributed by atoms with van der Waals surface area (Å²) in [5, 5.41) is 2.85. The molecule has 0 radical (unpaired) electrons. The quantitative estimate of drug-likeness (QED) is 0.902. The lowest BCUT2D eigenvalue weighted by Crippen LogP contribution is -2.48. The highest BCUT2D eigenvalue weighted by atomic mass is 16.2. The molecule has 1 aliphatic rings. The summed E-state index contributed by atoms with van der Waals surface area (Å²) in [7, 11) is 0. The Balaban J connectivity index is 1.61. The second-order valence-corrected chi connectivity index (χ2v) is 5.93. The van der Waals surface area contributed by atoms with E-state index in [0.29, 0.717) is 25.2 Å². The number of rotatable bonds is 4. The zero-order chi connectivity index (χ0) is 17.6. The second kappa shape index (κ2) is 7.74. The largest absolute Gasteiger partial charge is 0.367 e. The van der Waals surface area contributed by atoms with Crippen LogP contribution in [0.5, 0.6) is 0 Å². The first-order chi connectivity index (χ1) is 12.1. The Morgan fingerprint density at radius 3 is 2.64 bits per heavy atom. The summed E-state index contributed by atoms with van der Waals surface area (Å²) < 4.78 is 0. The normalized spacial score (nSPS) is 14.3. The van der Waals surface area contributed by atoms with Crippen LogP contribution in [0.1, 0.15) is 23.0 Å². The van der Waals surface area contributed by atoms with E-state index in [1.54, 1.807) is 25.5 Å². The third kappa shape index (κ3) is 4.32. The molecule has 0 atom stereocenters. The minimum absolute atomic E-state index is 0.0976. The molecule has 0 aromatic carbocycles. The highest BCUT2D eigenvalue weighted by Gasteiger charge is 2.19. The fourth-order valence-electron chi connectivity index (χ4n) is 2.78. The number of carbonyl (C=O) groups is 2. The topological polar surface area (TPSA) is 78.4 Å². The van der Waals surface area contributed by atoms with Gasteiger partial charge in [0.2, 0.25) is 5.91 Å². The highest BCUT2D eigenvalue weighted by Crippen LogP contribution is 2.17. The lowest BCUT2D eigenvalue weighted by atomic mass is 10.2. The van der Waals surface area contributed by atoms with E-state index < -0.39 is 0 Å². The fraction of sp³-hybridized carbons (Fsp3) is 0.333. The lowest BCUT2D eigenvalue weighted by Gasteiger charge is -2.35. The Morgan fingerprint density at radius 1 is 1.16 bits per heavy atom. The number of hydrogen-bond donors (Lipinski definition) is 1. The van der Waals surface area contributed by atoms with Crippen LogP contribution in [0.25, 0.3) is 0 Å². The van der Waals surface area contributed by atoms with Crippen LogP contribution in [-0.4, -0.2) is 52.9 Å². The van der Waals surface area contributed by atoms with Gasteiger partial charge in [0.05, 0.1) is 29.7 Å². The molecule has 3 heterocycles. The van der Waals surface area contributed by atoms with E-state index >= 15 is 0 Å². The van der Waals surface area contributed by atoms with Crippen molar-refractivity contribution in [3.63, 3.8) is 0 Å². The van der Waals surface area contributed by atoms with Crippen LogP contribution in [0.15, 0.2) is 42.9 Å². The molecule has 0 spiro atoms. The summed E-state index contributed by atoms with van der Waals surface area (Å²) in [6, 6.07) is 7.43. The van der Waals surface area contributed by atoms with Gasteiger partial charge >= 0.3 is 0 Å². The van der Waals surface area contributed by atoms with Crippen molar-refractivity contribution in [2.24, 2.45) is 0 Å². The molecule has 2 aromatic rings. The van der Waals surface area contributed by atoms with Crippen LogP contribution in [0, 0.1) is 0 Å². The molecule has 1 fully saturated rings. The van der Waals surface area contributed by atoms with Crippen molar-refractivity contribution in [2.45, 2.75) is 13.5 Å². The third-order valence-electron chi connectivity index (χ3n) is 4.23. The number of piperazine rings is 1. The van der Waals surface area contributed by atoms with E-state index in [-0.39, 0.29) is 11.8 Å². The maximum absolute atomic E-state index is 12.3. The van der Waals surface area contributed by atoms with Crippen molar-refractivity contribution in [1.29, 1.82) is 0 Å². The molecule has 0 bridgehead atoms. The number of aromatic nitrogens is 2. The first kappa shape index (κ1) is 16.9. The van der Waals surface area contributed by atoms with Crippen molar-refractivity contribution in [3.05, 3.63) is 54.1 Å². The maximum Gasteiger partial charge on any atom is 0.253 e. The fourth-order valence-corrected chi connectivity index (χ4v) is 2.78. The molecule has 7 nitrogen and oxygen atoms in total. The number of pyridine rings is 2. The number of anilines is 1. The van der Waals surface area contributed by atoms with E-state index in [2.05, 4.69) is 20.2 Å². The zero-order valence-corrected chi connectivity index (χ0v) is 14.2. The van der Waals surface area contributed by atoms with E-state index in [1.807, 2.05) is 29.2 Å². The van der Waals surface area contributed by atoms with Gasteiger partial charge in [0.1, 0.15) is 0 Å². The lowest BCUT2D eigenvalue weighted by molar-refractivity contribution is -0.129. The Kier molecular flexibility index (Phi) is 5.23. The standard InChI is InChI=1S/C18H21N5O2/c1-14(24)22-6-8-23(9-7-22)17-10-15(11-19-13-17)18(25)21-12-16-4-2-3-5-20-16/h2-5,10-11,13H,6-9,12H2,1H3,(H,21,25). The Morgan fingerprint density at radius 2 is 1.96 bits per heavy atom. The third-order valence-corrected chi connectivity index (χ3v) is 4.23. The van der Waals surface area contributed by atoms with Gasteiger partial charge in [0.15, 0.2) is 0 Å². The van der Waals surface area contributed by atoms with Crippen LogP contribution in [0.4, 0.5) is 5.69 Å². The first-order valence-electron chi connectivity index (χ1n) is 8.27. The molecule has 0 unspecified atom stereocenters. The summed E-state index contributed by atoms with van der Waals surface area (Å²) in [4.78, 5) is 36.1. The minimum atomic E-state index is -0.178. The summed E-state index contributed by atoms with van der Waals surface area (Å²) in [5.41, 5.74) is 2.22. The van der Waals surface area contributed by atoms with Gasteiger partial charge < -0.3 is 15.1 Å². The van der Waals surface area contributed by atoms with Crippen molar-refractivity contribution in [1.82, 2.24) is 20.2 Å². The highest BCUT2D eigenvalue weighted by molar-refractivity contribution is 5.94. The van der Waals surface area contributed by atoms with E-state index in [0.717, 1.165) is 24.5 Å². The van der Waals surface area contributed by atoms with Gasteiger partial charge in [0, 0.05) is 45.5 Å². The molecule has 0 aliphatic carbocycles. The van der Waals surface area contributed by atoms with Gasteiger partial charge in [-0.1, -0.05) is 6.07 Å². The van der Waals surface area contributed by atoms with E-state index in [9.17, 15) is 9.59 Å². The van der Waals surface area contributed by atoms with Gasteiger partial charge in [-0.15, -0.1) is 0 Å². The van der Waals surface area contributed by atoms with E-state index in [1.165, 1.54) is 0 Å². The van der Waals surface area contributed by atoms with Gasteiger partial charge in [-0.05, 0) is 18.2 Å². The summed E-state index contributed by atoms with van der Waals surface area (Å²) in [6.45, 7) is 4.81. The number of hydrogen-bond acceptors (Lipinski definition) is 5. The zero-order valence-electron chi connectivity index (χ0n) is 14.2. The molecule has 7 heteroatoms. The Hall–Kier alpha value is -2.96. The SMILES string of the molecule is CC(=O)N1CCN(c2cncc(C(=O)NCc3ccccn3)c2)CC1. The van der Waals surface area contributed by atoms with Crippen molar-refractivity contribution >= 4 is 17.5 Å². The smallest absolute Gasteiger partial charge is 0.253 e.